The molecule has 178 valence electrons. The van der Waals surface area contributed by atoms with Gasteiger partial charge in [0.05, 0.1) is 6.54 Å². The van der Waals surface area contributed by atoms with Crippen molar-refractivity contribution in [2.45, 2.75) is 69.2 Å². The SMILES string of the molecule is [2H]C([2H])([2H])CC(=O)CN1CC[C@@]2(Cc3ccc(F)cc3)c3ccc(C(C)(F)C(F)(F)F)cc3CC[C@@H]12. The highest BCUT2D eigenvalue weighted by atomic mass is 19.4. The van der Waals surface area contributed by atoms with E-state index in [1.165, 1.54) is 24.3 Å². The molecular formula is C26H28F5NO. The van der Waals surface area contributed by atoms with Gasteiger partial charge in [-0.25, -0.2) is 8.78 Å². The number of benzene rings is 2. The van der Waals surface area contributed by atoms with Crippen LogP contribution in [0.5, 0.6) is 0 Å². The number of alkyl halides is 4. The molecule has 2 aromatic carbocycles. The van der Waals surface area contributed by atoms with Gasteiger partial charge in [-0.3, -0.25) is 9.69 Å². The summed E-state index contributed by atoms with van der Waals surface area (Å²) in [5.74, 6) is -0.786. The van der Waals surface area contributed by atoms with Crippen molar-refractivity contribution in [3.05, 3.63) is 70.5 Å². The van der Waals surface area contributed by atoms with Crippen LogP contribution in [0.4, 0.5) is 22.0 Å². The fourth-order valence-corrected chi connectivity index (χ4v) is 5.56. The molecule has 1 aliphatic heterocycles. The molecule has 33 heavy (non-hydrogen) atoms. The number of ketones is 1. The van der Waals surface area contributed by atoms with E-state index in [0.717, 1.165) is 11.1 Å². The molecule has 0 saturated carbocycles. The number of hydrogen-bond donors (Lipinski definition) is 0. The minimum absolute atomic E-state index is 0.0295. The second-order valence-electron chi connectivity index (χ2n) is 9.32. The first kappa shape index (κ1) is 20.1. The van der Waals surface area contributed by atoms with Crippen LogP contribution in [-0.2, 0) is 28.7 Å². The molecule has 1 unspecified atom stereocenters. The van der Waals surface area contributed by atoms with E-state index in [9.17, 15) is 26.7 Å². The lowest BCUT2D eigenvalue weighted by Gasteiger charge is -2.44. The molecule has 1 heterocycles. The Hall–Kier alpha value is -2.28. The molecule has 0 amide bonds. The number of hydrogen-bond acceptors (Lipinski definition) is 2. The quantitative estimate of drug-likeness (QED) is 0.481. The number of aryl methyl sites for hydroxylation is 1. The lowest BCUT2D eigenvalue weighted by Crippen LogP contribution is -2.48. The molecule has 0 bridgehead atoms. The molecule has 2 aliphatic rings. The molecule has 2 aromatic rings. The molecule has 0 radical (unpaired) electrons. The molecule has 1 saturated heterocycles. The molecule has 3 atom stereocenters. The first-order valence-electron chi connectivity index (χ1n) is 12.5. The van der Waals surface area contributed by atoms with Gasteiger partial charge in [0, 0.05) is 22.0 Å². The number of Topliss-reactive ketones (excluding diaryl/α,β-unsaturated/α-hetero) is 1. The Kier molecular flexibility index (Phi) is 5.18. The van der Waals surface area contributed by atoms with Gasteiger partial charge in [0.15, 0.2) is 0 Å². The number of nitrogens with zero attached hydrogens (tertiary/aromatic N) is 1. The van der Waals surface area contributed by atoms with E-state index in [4.69, 9.17) is 4.11 Å². The van der Waals surface area contributed by atoms with Crippen LogP contribution >= 0.6 is 0 Å². The van der Waals surface area contributed by atoms with Gasteiger partial charge in [0.25, 0.3) is 0 Å². The Morgan fingerprint density at radius 2 is 1.91 bits per heavy atom. The Bertz CT molecular complexity index is 1130. The van der Waals surface area contributed by atoms with Crippen molar-refractivity contribution in [2.75, 3.05) is 13.1 Å². The van der Waals surface area contributed by atoms with E-state index in [1.54, 1.807) is 18.2 Å². The standard InChI is InChI=1S/C26H28F5NO/c1-3-21(33)16-32-13-12-25(15-17-4-8-20(27)9-5-17)22-10-7-19(24(2,28)26(29,30)31)14-18(22)6-11-23(25)32/h4-5,7-10,14,23H,3,6,11-13,15-16H2,1-2H3/t23-,24?,25-/m1/s1/i1D3. The summed E-state index contributed by atoms with van der Waals surface area (Å²) in [5.41, 5.74) is -2.27. The minimum Gasteiger partial charge on any atom is -0.298 e. The summed E-state index contributed by atoms with van der Waals surface area (Å²) in [6.45, 7) is -1.38. The molecule has 1 fully saturated rings. The van der Waals surface area contributed by atoms with Gasteiger partial charge in [-0.15, -0.1) is 0 Å². The average molecular weight is 469 g/mol. The second kappa shape index (κ2) is 8.49. The van der Waals surface area contributed by atoms with Gasteiger partial charge in [-0.1, -0.05) is 37.2 Å². The zero-order valence-electron chi connectivity index (χ0n) is 21.3. The predicted octanol–water partition coefficient (Wildman–Crippen LogP) is 6.05. The summed E-state index contributed by atoms with van der Waals surface area (Å²) < 4.78 is 90.5. The average Bonchev–Trinajstić information content (AvgIpc) is 3.11. The van der Waals surface area contributed by atoms with Crippen LogP contribution < -0.4 is 0 Å². The highest BCUT2D eigenvalue weighted by Crippen LogP contribution is 2.50. The van der Waals surface area contributed by atoms with E-state index >= 15 is 0 Å². The normalized spacial score (nSPS) is 26.5. The van der Waals surface area contributed by atoms with Crippen LogP contribution in [-0.4, -0.2) is 36.0 Å². The Morgan fingerprint density at radius 3 is 2.58 bits per heavy atom. The van der Waals surface area contributed by atoms with Crippen molar-refractivity contribution in [3.63, 3.8) is 0 Å². The van der Waals surface area contributed by atoms with Crippen molar-refractivity contribution in [3.8, 4) is 0 Å². The molecule has 0 N–H and O–H groups in total. The molecule has 4 rings (SSSR count). The van der Waals surface area contributed by atoms with Gasteiger partial charge < -0.3 is 0 Å². The van der Waals surface area contributed by atoms with E-state index in [-0.39, 0.29) is 18.4 Å². The zero-order valence-corrected chi connectivity index (χ0v) is 18.3. The molecule has 0 spiro atoms. The molecule has 2 nitrogen and oxygen atoms in total. The highest BCUT2D eigenvalue weighted by Gasteiger charge is 2.55. The van der Waals surface area contributed by atoms with Crippen LogP contribution in [0.2, 0.25) is 0 Å². The van der Waals surface area contributed by atoms with Crippen LogP contribution in [0.15, 0.2) is 42.5 Å². The Morgan fingerprint density at radius 1 is 1.18 bits per heavy atom. The fraction of sp³-hybridized carbons (Fsp3) is 0.500. The summed E-state index contributed by atoms with van der Waals surface area (Å²) in [6.07, 6.45) is -3.63. The van der Waals surface area contributed by atoms with Gasteiger partial charge >= 0.3 is 6.18 Å². The van der Waals surface area contributed by atoms with E-state index in [2.05, 4.69) is 0 Å². The lowest BCUT2D eigenvalue weighted by atomic mass is 9.63. The number of likely N-dealkylation sites (tertiary alicyclic amines) is 1. The fourth-order valence-electron chi connectivity index (χ4n) is 5.56. The Balaban J connectivity index is 1.72. The maximum Gasteiger partial charge on any atom is 0.426 e. The minimum atomic E-state index is -5.06. The first-order valence-corrected chi connectivity index (χ1v) is 11.0. The molecular weight excluding hydrogens is 437 g/mol. The van der Waals surface area contributed by atoms with Crippen molar-refractivity contribution >= 4 is 5.78 Å². The van der Waals surface area contributed by atoms with Gasteiger partial charge in [0.2, 0.25) is 5.67 Å². The van der Waals surface area contributed by atoms with Gasteiger partial charge in [-0.05, 0) is 73.5 Å². The zero-order chi connectivity index (χ0) is 26.5. The third kappa shape index (κ3) is 4.20. The largest absolute Gasteiger partial charge is 0.426 e. The third-order valence-corrected chi connectivity index (χ3v) is 7.34. The van der Waals surface area contributed by atoms with Crippen LogP contribution in [0.3, 0.4) is 0 Å². The number of rotatable bonds is 6. The van der Waals surface area contributed by atoms with E-state index < -0.39 is 41.9 Å². The van der Waals surface area contributed by atoms with E-state index in [0.29, 0.717) is 44.7 Å². The maximum atomic E-state index is 14.7. The lowest BCUT2D eigenvalue weighted by molar-refractivity contribution is -0.228. The number of halogens is 5. The second-order valence-corrected chi connectivity index (χ2v) is 9.32. The maximum absolute atomic E-state index is 14.7. The summed E-state index contributed by atoms with van der Waals surface area (Å²) in [7, 11) is 0. The van der Waals surface area contributed by atoms with Crippen LogP contribution in [0.25, 0.3) is 0 Å². The summed E-state index contributed by atoms with van der Waals surface area (Å²) in [5, 5.41) is 0. The third-order valence-electron chi connectivity index (χ3n) is 7.34. The topological polar surface area (TPSA) is 20.3 Å². The van der Waals surface area contributed by atoms with Crippen LogP contribution in [0, 0.1) is 5.82 Å². The highest BCUT2D eigenvalue weighted by molar-refractivity contribution is 5.80. The van der Waals surface area contributed by atoms with Crippen molar-refractivity contribution < 1.29 is 30.9 Å². The number of fused-ring (bicyclic) bond motifs is 3. The van der Waals surface area contributed by atoms with Crippen LogP contribution in [0.1, 0.15) is 59.4 Å². The van der Waals surface area contributed by atoms with Gasteiger partial charge in [0.1, 0.15) is 11.6 Å². The summed E-state index contributed by atoms with van der Waals surface area (Å²) in [6, 6.07) is 9.90. The predicted molar refractivity (Wildman–Crippen MR) is 116 cm³/mol. The monoisotopic (exact) mass is 468 g/mol. The number of carbonyl (C=O) groups is 1. The first-order chi connectivity index (χ1) is 16.6. The van der Waals surface area contributed by atoms with E-state index in [1.807, 2.05) is 4.90 Å². The Labute approximate surface area is 195 Å². The van der Waals surface area contributed by atoms with Crippen molar-refractivity contribution in [2.24, 2.45) is 0 Å². The summed E-state index contributed by atoms with van der Waals surface area (Å²) >= 11 is 0. The molecule has 0 aromatic heterocycles. The smallest absolute Gasteiger partial charge is 0.298 e. The number of carbonyl (C=O) groups excluding carboxylic acids is 1. The van der Waals surface area contributed by atoms with Gasteiger partial charge in [-0.2, -0.15) is 13.2 Å². The van der Waals surface area contributed by atoms with Crippen molar-refractivity contribution in [1.82, 2.24) is 4.90 Å². The summed E-state index contributed by atoms with van der Waals surface area (Å²) in [4.78, 5) is 14.5. The molecule has 1 aliphatic carbocycles. The van der Waals surface area contributed by atoms with Crippen molar-refractivity contribution in [1.29, 1.82) is 0 Å². The molecule has 7 heteroatoms.